The zero-order chi connectivity index (χ0) is 15.9. The molecule has 4 rings (SSSR count). The Labute approximate surface area is 135 Å². The Hall–Kier alpha value is -1.56. The summed E-state index contributed by atoms with van der Waals surface area (Å²) in [4.78, 5) is 0. The van der Waals surface area contributed by atoms with Crippen LogP contribution in [0.25, 0.3) is 0 Å². The Balaban J connectivity index is 2.12. The van der Waals surface area contributed by atoms with Gasteiger partial charge < -0.3 is 0 Å². The molecule has 4 aliphatic rings. The van der Waals surface area contributed by atoms with Crippen molar-refractivity contribution in [1.29, 1.82) is 0 Å². The van der Waals surface area contributed by atoms with Crippen molar-refractivity contribution in [2.24, 2.45) is 10.8 Å². The standard InChI is InChI=1S/C22H26/c1-13-11-14(2)18-9-10-20-16(4)12-15(3)19-8-7-17(13)21(18,5)22(19,20)6/h7-8,11-12H,9-10H2,1-6H3/q+2/t21-,22-/m1/s1. The second kappa shape index (κ2) is 4.04. The van der Waals surface area contributed by atoms with Gasteiger partial charge >= 0.3 is 0 Å². The number of hydrogen-bond donors (Lipinski definition) is 0. The van der Waals surface area contributed by atoms with Crippen molar-refractivity contribution in [1.82, 2.24) is 0 Å². The Morgan fingerprint density at radius 2 is 1.59 bits per heavy atom. The first kappa shape index (κ1) is 14.1. The van der Waals surface area contributed by atoms with E-state index in [2.05, 4.69) is 66.5 Å². The Morgan fingerprint density at radius 1 is 0.909 bits per heavy atom. The van der Waals surface area contributed by atoms with E-state index >= 15 is 0 Å². The normalized spacial score (nSPS) is 36.5. The van der Waals surface area contributed by atoms with Crippen molar-refractivity contribution >= 4 is 0 Å². The second-order valence-corrected chi connectivity index (χ2v) is 7.89. The molecule has 0 nitrogen and oxygen atoms in total. The van der Waals surface area contributed by atoms with Crippen LogP contribution < -0.4 is 0 Å². The fourth-order valence-corrected chi connectivity index (χ4v) is 5.93. The van der Waals surface area contributed by atoms with E-state index in [1.165, 1.54) is 35.1 Å². The Kier molecular flexibility index (Phi) is 2.58. The van der Waals surface area contributed by atoms with Gasteiger partial charge in [0.1, 0.15) is 5.57 Å². The molecule has 0 bridgehead atoms. The minimum Gasteiger partial charge on any atom is -0.0482 e. The lowest BCUT2D eigenvalue weighted by molar-refractivity contribution is 0.197. The van der Waals surface area contributed by atoms with E-state index < -0.39 is 0 Å². The van der Waals surface area contributed by atoms with E-state index in [0.717, 1.165) is 0 Å². The third-order valence-electron chi connectivity index (χ3n) is 6.99. The maximum absolute atomic E-state index is 2.51. The van der Waals surface area contributed by atoms with Gasteiger partial charge in [-0.25, -0.2) is 0 Å². The van der Waals surface area contributed by atoms with Gasteiger partial charge in [0.25, 0.3) is 0 Å². The van der Waals surface area contributed by atoms with Crippen LogP contribution in [0, 0.1) is 23.7 Å². The van der Waals surface area contributed by atoms with E-state index in [-0.39, 0.29) is 10.8 Å². The summed E-state index contributed by atoms with van der Waals surface area (Å²) in [6, 6.07) is 0. The van der Waals surface area contributed by atoms with Crippen molar-refractivity contribution in [3.63, 3.8) is 0 Å². The zero-order valence-electron chi connectivity index (χ0n) is 14.7. The molecule has 1 fully saturated rings. The summed E-state index contributed by atoms with van der Waals surface area (Å²) in [6.07, 6.45) is 12.0. The topological polar surface area (TPSA) is 0 Å². The van der Waals surface area contributed by atoms with Crippen LogP contribution in [-0.2, 0) is 0 Å². The van der Waals surface area contributed by atoms with Crippen LogP contribution in [0.3, 0.4) is 0 Å². The van der Waals surface area contributed by atoms with Gasteiger partial charge in [0.15, 0.2) is 11.0 Å². The molecule has 112 valence electrons. The smallest absolute Gasteiger partial charge is 0.0482 e. The van der Waals surface area contributed by atoms with Crippen LogP contribution >= 0.6 is 0 Å². The Morgan fingerprint density at radius 3 is 2.32 bits per heavy atom. The van der Waals surface area contributed by atoms with Crippen LogP contribution in [0.15, 0.2) is 56.7 Å². The van der Waals surface area contributed by atoms with Crippen molar-refractivity contribution in [2.45, 2.75) is 54.4 Å². The molecule has 0 heterocycles. The predicted molar refractivity (Wildman–Crippen MR) is 94.0 cm³/mol. The second-order valence-electron chi connectivity index (χ2n) is 7.89. The lowest BCUT2D eigenvalue weighted by Crippen LogP contribution is -2.51. The molecular formula is C22H26+2. The molecule has 0 amide bonds. The van der Waals surface area contributed by atoms with Gasteiger partial charge in [0.2, 0.25) is 0 Å². The molecule has 0 aromatic rings. The molecule has 0 N–H and O–H groups in total. The van der Waals surface area contributed by atoms with E-state index in [1.54, 1.807) is 22.3 Å². The molecule has 1 saturated carbocycles. The predicted octanol–water partition coefficient (Wildman–Crippen LogP) is 6.06. The van der Waals surface area contributed by atoms with E-state index in [1.807, 2.05) is 0 Å². The van der Waals surface area contributed by atoms with Gasteiger partial charge in [0.05, 0.1) is 35.5 Å². The van der Waals surface area contributed by atoms with Crippen molar-refractivity contribution < 1.29 is 0 Å². The van der Waals surface area contributed by atoms with E-state index in [0.29, 0.717) is 0 Å². The van der Waals surface area contributed by atoms with Crippen LogP contribution in [0.1, 0.15) is 54.4 Å². The van der Waals surface area contributed by atoms with Gasteiger partial charge in [-0.2, -0.15) is 0 Å². The maximum Gasteiger partial charge on any atom is 0.174 e. The first-order chi connectivity index (χ1) is 10.3. The highest BCUT2D eigenvalue weighted by atomic mass is 14.6. The summed E-state index contributed by atoms with van der Waals surface area (Å²) in [6.45, 7) is 14.2. The molecule has 2 atom stereocenters. The number of allylic oxidation sites excluding steroid dienone is 10. The third-order valence-corrected chi connectivity index (χ3v) is 6.99. The first-order valence-corrected chi connectivity index (χ1v) is 8.52. The molecule has 0 radical (unpaired) electrons. The van der Waals surface area contributed by atoms with Crippen LogP contribution in [-0.4, -0.2) is 0 Å². The molecule has 0 heteroatoms. The molecule has 4 aliphatic carbocycles. The first-order valence-electron chi connectivity index (χ1n) is 8.52. The average Bonchev–Trinajstić information content (AvgIpc) is 2.42. The van der Waals surface area contributed by atoms with Crippen LogP contribution in [0.4, 0.5) is 0 Å². The van der Waals surface area contributed by atoms with Gasteiger partial charge in [-0.1, -0.05) is 0 Å². The van der Waals surface area contributed by atoms with Crippen molar-refractivity contribution in [3.8, 4) is 0 Å². The summed E-state index contributed by atoms with van der Waals surface area (Å²) in [7, 11) is 0. The van der Waals surface area contributed by atoms with Gasteiger partial charge in [0, 0.05) is 24.5 Å². The average molecular weight is 290 g/mol. The largest absolute Gasteiger partial charge is 0.174 e. The minimum absolute atomic E-state index is 0.129. The van der Waals surface area contributed by atoms with Crippen LogP contribution in [0.5, 0.6) is 0 Å². The lowest BCUT2D eigenvalue weighted by atomic mass is 9.42. The minimum atomic E-state index is 0.129. The SMILES string of the molecule is CC1=CC(C)=C2CCC3=C(C)[CH+]C(C)=C4[CH+]C=C1[C@@]2(C)[C@]43C. The molecule has 0 unspecified atom stereocenters. The summed E-state index contributed by atoms with van der Waals surface area (Å²) in [5, 5.41) is 0. The molecule has 0 aromatic carbocycles. The summed E-state index contributed by atoms with van der Waals surface area (Å²) < 4.78 is 0. The fourth-order valence-electron chi connectivity index (χ4n) is 5.93. The van der Waals surface area contributed by atoms with Crippen molar-refractivity contribution in [2.75, 3.05) is 0 Å². The van der Waals surface area contributed by atoms with Gasteiger partial charge in [-0.3, -0.25) is 0 Å². The Bertz CT molecular complexity index is 747. The van der Waals surface area contributed by atoms with Crippen molar-refractivity contribution in [3.05, 3.63) is 69.6 Å². The van der Waals surface area contributed by atoms with Gasteiger partial charge in [-0.05, 0) is 58.3 Å². The van der Waals surface area contributed by atoms with Crippen LogP contribution in [0.2, 0.25) is 0 Å². The molecule has 0 spiro atoms. The molecule has 0 aliphatic heterocycles. The number of hydrogen-bond acceptors (Lipinski definition) is 0. The van der Waals surface area contributed by atoms with E-state index in [4.69, 9.17) is 0 Å². The third kappa shape index (κ3) is 1.31. The van der Waals surface area contributed by atoms with E-state index in [9.17, 15) is 0 Å². The highest BCUT2D eigenvalue weighted by Gasteiger charge is 2.69. The quantitative estimate of drug-likeness (QED) is 0.475. The highest BCUT2D eigenvalue weighted by molar-refractivity contribution is 5.67. The lowest BCUT2D eigenvalue weighted by Gasteiger charge is -2.52. The molecule has 0 aromatic heterocycles. The maximum atomic E-state index is 2.51. The molecule has 0 saturated heterocycles. The highest BCUT2D eigenvalue weighted by Crippen LogP contribution is 2.70. The summed E-state index contributed by atoms with van der Waals surface area (Å²) >= 11 is 0. The number of rotatable bonds is 0. The summed E-state index contributed by atoms with van der Waals surface area (Å²) in [5.74, 6) is 0. The monoisotopic (exact) mass is 290 g/mol. The molecular weight excluding hydrogens is 264 g/mol. The fraction of sp³-hybridized carbons (Fsp3) is 0.455. The molecule has 22 heavy (non-hydrogen) atoms. The summed E-state index contributed by atoms with van der Waals surface area (Å²) in [5.41, 5.74) is 12.6. The van der Waals surface area contributed by atoms with Gasteiger partial charge in [-0.15, -0.1) is 0 Å². The zero-order valence-corrected chi connectivity index (χ0v) is 14.7.